The summed E-state index contributed by atoms with van der Waals surface area (Å²) in [5, 5.41) is 35.7. The van der Waals surface area contributed by atoms with E-state index in [1.165, 1.54) is 18.2 Å². The van der Waals surface area contributed by atoms with Gasteiger partial charge in [0.1, 0.15) is 35.4 Å². The van der Waals surface area contributed by atoms with E-state index in [9.17, 15) is 49.2 Å². The number of hydrogen-bond donors (Lipinski definition) is 0. The van der Waals surface area contributed by atoms with Crippen molar-refractivity contribution in [2.75, 3.05) is 0 Å². The van der Waals surface area contributed by atoms with Gasteiger partial charge in [-0.25, -0.2) is 17.6 Å². The van der Waals surface area contributed by atoms with Crippen molar-refractivity contribution in [1.82, 2.24) is 0 Å². The van der Waals surface area contributed by atoms with Crippen LogP contribution in [0.2, 0.25) is 0 Å². The zero-order chi connectivity index (χ0) is 30.2. The summed E-state index contributed by atoms with van der Waals surface area (Å²) >= 11 is 0. The van der Waals surface area contributed by atoms with Gasteiger partial charge in [0.25, 0.3) is 0 Å². The highest BCUT2D eigenvalue weighted by Crippen LogP contribution is 2.41. The molecule has 40 heavy (non-hydrogen) atoms. The van der Waals surface area contributed by atoms with Crippen molar-refractivity contribution in [2.45, 2.75) is 12.4 Å². The van der Waals surface area contributed by atoms with Gasteiger partial charge in [0.05, 0.1) is 22.3 Å². The van der Waals surface area contributed by atoms with Crippen molar-refractivity contribution in [2.24, 2.45) is 0 Å². The molecular weight excluding hydrogens is 558 g/mol. The second-order valence-corrected chi connectivity index (χ2v) is 7.72. The van der Waals surface area contributed by atoms with Gasteiger partial charge in [0.2, 0.25) is 0 Å². The van der Waals surface area contributed by atoms with Crippen LogP contribution in [0.5, 0.6) is 0 Å². The summed E-state index contributed by atoms with van der Waals surface area (Å²) in [7, 11) is 0. The lowest BCUT2D eigenvalue weighted by Crippen LogP contribution is -2.20. The van der Waals surface area contributed by atoms with E-state index in [0.29, 0.717) is 6.07 Å². The number of rotatable bonds is 2. The van der Waals surface area contributed by atoms with Gasteiger partial charge in [-0.05, 0) is 29.3 Å². The maximum Gasteiger partial charge on any atom is 0.417 e. The SMILES string of the molecule is N#CC(C#N)=c1cc/c(=C(/C#N)c2c(F)c(F)c(C#N)c(F)c2F)c(-c2ccc(C(F)(F)F)c(C(F)(F)F)c2)c1. The minimum Gasteiger partial charge on any atom is -0.203 e. The molecular formula is C26H6F10N4. The highest BCUT2D eigenvalue weighted by Gasteiger charge is 2.43. The van der Waals surface area contributed by atoms with Crippen molar-refractivity contribution < 1.29 is 43.9 Å². The first kappa shape index (κ1) is 29.2. The zero-order valence-electron chi connectivity index (χ0n) is 19.0. The molecule has 0 saturated heterocycles. The van der Waals surface area contributed by atoms with Crippen molar-refractivity contribution in [3.63, 3.8) is 0 Å². The Kier molecular flexibility index (Phi) is 7.62. The summed E-state index contributed by atoms with van der Waals surface area (Å²) < 4.78 is 139. The summed E-state index contributed by atoms with van der Waals surface area (Å²) in [6, 6.07) is 8.06. The van der Waals surface area contributed by atoms with Gasteiger partial charge in [0, 0.05) is 10.4 Å². The summed E-state index contributed by atoms with van der Waals surface area (Å²) in [6.07, 6.45) is -11.0. The van der Waals surface area contributed by atoms with Crippen LogP contribution in [0, 0.1) is 68.6 Å². The Morgan fingerprint density at radius 1 is 0.625 bits per heavy atom. The van der Waals surface area contributed by atoms with Crippen LogP contribution in [-0.4, -0.2) is 0 Å². The van der Waals surface area contributed by atoms with Crippen LogP contribution in [0.25, 0.3) is 22.3 Å². The van der Waals surface area contributed by atoms with E-state index in [2.05, 4.69) is 0 Å². The third-order valence-corrected chi connectivity index (χ3v) is 5.48. The normalized spacial score (nSPS) is 12.1. The molecule has 0 amide bonds. The number of benzene rings is 3. The Morgan fingerprint density at radius 3 is 1.62 bits per heavy atom. The van der Waals surface area contributed by atoms with Crippen LogP contribution in [0.1, 0.15) is 22.3 Å². The maximum atomic E-state index is 14.8. The van der Waals surface area contributed by atoms with Gasteiger partial charge in [-0.15, -0.1) is 0 Å². The summed E-state index contributed by atoms with van der Waals surface area (Å²) in [5.41, 5.74) is -10.9. The molecule has 0 aliphatic heterocycles. The fourth-order valence-electron chi connectivity index (χ4n) is 3.70. The lowest BCUT2D eigenvalue weighted by atomic mass is 9.92. The van der Waals surface area contributed by atoms with Crippen LogP contribution in [0.4, 0.5) is 43.9 Å². The van der Waals surface area contributed by atoms with E-state index in [0.717, 1.165) is 24.3 Å². The average Bonchev–Trinajstić information content (AvgIpc) is 2.90. The fraction of sp³-hybridized carbons (Fsp3) is 0.0769. The number of nitrogens with zero attached hydrogens (tertiary/aromatic N) is 4. The molecule has 0 bridgehead atoms. The smallest absolute Gasteiger partial charge is 0.203 e. The molecule has 3 aromatic carbocycles. The van der Waals surface area contributed by atoms with Gasteiger partial charge < -0.3 is 0 Å². The molecule has 0 saturated carbocycles. The van der Waals surface area contributed by atoms with E-state index >= 15 is 0 Å². The quantitative estimate of drug-likeness (QED) is 0.293. The Labute approximate surface area is 216 Å². The molecule has 0 N–H and O–H groups in total. The Bertz CT molecular complexity index is 1810. The number of alkyl halides is 6. The molecule has 0 aliphatic rings. The third kappa shape index (κ3) is 5.03. The molecule has 3 aromatic rings. The first-order valence-corrected chi connectivity index (χ1v) is 10.3. The molecule has 0 aliphatic carbocycles. The van der Waals surface area contributed by atoms with Gasteiger partial charge in [-0.1, -0.05) is 18.2 Å². The van der Waals surface area contributed by atoms with E-state index in [-0.39, 0.29) is 17.4 Å². The largest absolute Gasteiger partial charge is 0.417 e. The molecule has 0 radical (unpaired) electrons. The molecule has 200 valence electrons. The summed E-state index contributed by atoms with van der Waals surface area (Å²) in [5.74, 6) is -8.82. The molecule has 4 nitrogen and oxygen atoms in total. The molecule has 0 heterocycles. The Balaban J connectivity index is 2.65. The van der Waals surface area contributed by atoms with Crippen molar-refractivity contribution >= 4 is 11.1 Å². The second kappa shape index (κ2) is 10.4. The lowest BCUT2D eigenvalue weighted by Gasteiger charge is -2.17. The molecule has 14 heteroatoms. The maximum absolute atomic E-state index is 14.8. The molecule has 0 unspecified atom stereocenters. The van der Waals surface area contributed by atoms with Crippen LogP contribution < -0.4 is 10.4 Å². The van der Waals surface area contributed by atoms with Crippen LogP contribution in [-0.2, 0) is 12.4 Å². The van der Waals surface area contributed by atoms with Crippen molar-refractivity contribution in [1.29, 1.82) is 21.0 Å². The molecule has 3 rings (SSSR count). The highest BCUT2D eigenvalue weighted by atomic mass is 19.4. The summed E-state index contributed by atoms with van der Waals surface area (Å²) in [6.45, 7) is 0. The first-order valence-electron chi connectivity index (χ1n) is 10.3. The number of nitriles is 4. The van der Waals surface area contributed by atoms with E-state index in [4.69, 9.17) is 15.8 Å². The van der Waals surface area contributed by atoms with Gasteiger partial charge in [-0.2, -0.15) is 47.4 Å². The predicted octanol–water partition coefficient (Wildman–Crippen LogP) is 5.74. The standard InChI is InChI=1S/C26H6F10N4/c27-21-17(10-40)22(28)24(30)20(23(21)29)16(9-39)14-3-1-11(13(7-37)8-38)5-15(14)12-2-4-18(25(31,32)33)19(6-12)26(34,35)36/h1-6H/b16-14+. The minimum atomic E-state index is -5.57. The summed E-state index contributed by atoms with van der Waals surface area (Å²) in [4.78, 5) is 0. The number of hydrogen-bond acceptors (Lipinski definition) is 4. The predicted molar refractivity (Wildman–Crippen MR) is 115 cm³/mol. The average molecular weight is 564 g/mol. The third-order valence-electron chi connectivity index (χ3n) is 5.48. The topological polar surface area (TPSA) is 95.2 Å². The second-order valence-electron chi connectivity index (χ2n) is 7.72. The van der Waals surface area contributed by atoms with Gasteiger partial charge in [-0.3, -0.25) is 0 Å². The number of halogens is 10. The molecule has 0 fully saturated rings. The van der Waals surface area contributed by atoms with E-state index in [1.807, 2.05) is 0 Å². The van der Waals surface area contributed by atoms with E-state index < -0.39 is 85.4 Å². The van der Waals surface area contributed by atoms with Gasteiger partial charge in [0.15, 0.2) is 23.3 Å². The zero-order valence-corrected chi connectivity index (χ0v) is 19.0. The highest BCUT2D eigenvalue weighted by molar-refractivity contribution is 5.83. The van der Waals surface area contributed by atoms with E-state index in [1.54, 1.807) is 0 Å². The Morgan fingerprint density at radius 2 is 1.18 bits per heavy atom. The monoisotopic (exact) mass is 564 g/mol. The molecule has 0 spiro atoms. The Hall–Kier alpha value is -5.34. The van der Waals surface area contributed by atoms with Crippen molar-refractivity contribution in [3.05, 3.63) is 92.4 Å². The molecule has 0 aromatic heterocycles. The van der Waals surface area contributed by atoms with Crippen molar-refractivity contribution in [3.8, 4) is 35.4 Å². The van der Waals surface area contributed by atoms with Gasteiger partial charge >= 0.3 is 12.4 Å². The first-order chi connectivity index (χ1) is 18.6. The lowest BCUT2D eigenvalue weighted by molar-refractivity contribution is -0.162. The van der Waals surface area contributed by atoms with Crippen LogP contribution in [0.15, 0.2) is 36.4 Å². The van der Waals surface area contributed by atoms with Crippen LogP contribution in [0.3, 0.4) is 0 Å². The fourth-order valence-corrected chi connectivity index (χ4v) is 3.70. The van der Waals surface area contributed by atoms with Crippen LogP contribution >= 0.6 is 0 Å². The minimum absolute atomic E-state index is 0.00547. The molecule has 0 atom stereocenters.